The maximum atomic E-state index is 12.4. The Bertz CT molecular complexity index is 486. The first-order valence-corrected chi connectivity index (χ1v) is 7.83. The van der Waals surface area contributed by atoms with E-state index in [2.05, 4.69) is 41.8 Å². The van der Waals surface area contributed by atoms with Crippen LogP contribution in [0.3, 0.4) is 0 Å². The molecule has 3 nitrogen and oxygen atoms in total. The minimum absolute atomic E-state index is 0.0675. The lowest BCUT2D eigenvalue weighted by atomic mass is 9.86. The van der Waals surface area contributed by atoms with Gasteiger partial charge in [-0.05, 0) is 36.3 Å². The molecule has 1 aromatic rings. The molecule has 0 saturated heterocycles. The zero-order valence-corrected chi connectivity index (χ0v) is 12.2. The maximum Gasteiger partial charge on any atom is 0.237 e. The van der Waals surface area contributed by atoms with Crippen LogP contribution in [0.1, 0.15) is 43.7 Å². The van der Waals surface area contributed by atoms with Gasteiger partial charge in [0.15, 0.2) is 0 Å². The average Bonchev–Trinajstić information content (AvgIpc) is 2.47. The highest BCUT2D eigenvalue weighted by Crippen LogP contribution is 2.24. The average molecular weight is 272 g/mol. The summed E-state index contributed by atoms with van der Waals surface area (Å²) < 4.78 is 0. The summed E-state index contributed by atoms with van der Waals surface area (Å²) in [5, 5.41) is 6.61. The van der Waals surface area contributed by atoms with Crippen molar-refractivity contribution in [3.05, 3.63) is 35.4 Å². The van der Waals surface area contributed by atoms with Gasteiger partial charge >= 0.3 is 0 Å². The van der Waals surface area contributed by atoms with Crippen LogP contribution < -0.4 is 10.6 Å². The van der Waals surface area contributed by atoms with E-state index in [1.807, 2.05) is 0 Å². The summed E-state index contributed by atoms with van der Waals surface area (Å²) in [5.74, 6) is 0.924. The molecule has 3 rings (SSSR count). The zero-order chi connectivity index (χ0) is 13.9. The van der Waals surface area contributed by atoms with Gasteiger partial charge in [-0.25, -0.2) is 0 Å². The molecule has 3 atom stereocenters. The Labute approximate surface area is 121 Å². The van der Waals surface area contributed by atoms with Gasteiger partial charge in [0.25, 0.3) is 0 Å². The number of amides is 1. The molecule has 0 aromatic heterocycles. The van der Waals surface area contributed by atoms with Crippen molar-refractivity contribution >= 4 is 5.91 Å². The lowest BCUT2D eigenvalue weighted by Gasteiger charge is -2.31. The Morgan fingerprint density at radius 3 is 2.85 bits per heavy atom. The molecule has 1 aromatic carbocycles. The van der Waals surface area contributed by atoms with Gasteiger partial charge in [0, 0.05) is 12.6 Å². The SMILES string of the molecule is CC1CCCC(NC(=O)[C@H]2Cc3ccccc3CN2)C1. The van der Waals surface area contributed by atoms with Gasteiger partial charge in [-0.3, -0.25) is 4.79 Å². The van der Waals surface area contributed by atoms with Gasteiger partial charge in [0.1, 0.15) is 0 Å². The van der Waals surface area contributed by atoms with Crippen molar-refractivity contribution in [3.63, 3.8) is 0 Å². The number of carbonyl (C=O) groups is 1. The lowest BCUT2D eigenvalue weighted by molar-refractivity contribution is -0.124. The second-order valence-electron chi connectivity index (χ2n) is 6.38. The Hall–Kier alpha value is -1.35. The molecular weight excluding hydrogens is 248 g/mol. The molecule has 108 valence electrons. The first-order valence-electron chi connectivity index (χ1n) is 7.83. The molecule has 1 saturated carbocycles. The third-order valence-electron chi connectivity index (χ3n) is 4.68. The number of nitrogens with one attached hydrogen (secondary N) is 2. The Balaban J connectivity index is 1.59. The molecule has 1 fully saturated rings. The van der Waals surface area contributed by atoms with Crippen molar-refractivity contribution < 1.29 is 4.79 Å². The molecule has 2 aliphatic rings. The maximum absolute atomic E-state index is 12.4. The number of benzene rings is 1. The highest BCUT2D eigenvalue weighted by molar-refractivity contribution is 5.82. The normalized spacial score (nSPS) is 29.6. The molecule has 1 aliphatic carbocycles. The van der Waals surface area contributed by atoms with Gasteiger partial charge in [-0.2, -0.15) is 0 Å². The summed E-state index contributed by atoms with van der Waals surface area (Å²) in [7, 11) is 0. The van der Waals surface area contributed by atoms with Crippen LogP contribution in [-0.4, -0.2) is 18.0 Å². The fourth-order valence-corrected chi connectivity index (χ4v) is 3.51. The highest BCUT2D eigenvalue weighted by Gasteiger charge is 2.27. The molecule has 0 radical (unpaired) electrons. The van der Waals surface area contributed by atoms with Crippen molar-refractivity contribution in [1.82, 2.24) is 10.6 Å². The van der Waals surface area contributed by atoms with Gasteiger partial charge < -0.3 is 10.6 Å². The van der Waals surface area contributed by atoms with Crippen LogP contribution in [0.2, 0.25) is 0 Å². The van der Waals surface area contributed by atoms with E-state index in [1.165, 1.54) is 24.0 Å². The van der Waals surface area contributed by atoms with E-state index in [9.17, 15) is 4.79 Å². The number of hydrogen-bond donors (Lipinski definition) is 2. The number of hydrogen-bond acceptors (Lipinski definition) is 2. The third-order valence-corrected chi connectivity index (χ3v) is 4.68. The first-order chi connectivity index (χ1) is 9.72. The number of carbonyl (C=O) groups excluding carboxylic acids is 1. The lowest BCUT2D eigenvalue weighted by Crippen LogP contribution is -2.51. The second-order valence-corrected chi connectivity index (χ2v) is 6.38. The largest absolute Gasteiger partial charge is 0.352 e. The van der Waals surface area contributed by atoms with E-state index in [4.69, 9.17) is 0 Å². The van der Waals surface area contributed by atoms with E-state index in [0.717, 1.165) is 31.7 Å². The van der Waals surface area contributed by atoms with Crippen LogP contribution in [-0.2, 0) is 17.8 Å². The molecule has 1 heterocycles. The molecule has 20 heavy (non-hydrogen) atoms. The van der Waals surface area contributed by atoms with E-state index in [0.29, 0.717) is 6.04 Å². The Morgan fingerprint density at radius 1 is 1.25 bits per heavy atom. The van der Waals surface area contributed by atoms with E-state index in [-0.39, 0.29) is 11.9 Å². The summed E-state index contributed by atoms with van der Waals surface area (Å²) in [6, 6.07) is 8.71. The van der Waals surface area contributed by atoms with Crippen molar-refractivity contribution in [2.45, 2.75) is 57.7 Å². The van der Waals surface area contributed by atoms with Gasteiger partial charge in [-0.15, -0.1) is 0 Å². The standard InChI is InChI=1S/C17H24N2O/c1-12-5-4-8-15(9-12)19-17(20)16-10-13-6-2-3-7-14(13)11-18-16/h2-3,6-7,12,15-16,18H,4-5,8-11H2,1H3,(H,19,20)/t12?,15?,16-/m1/s1. The molecule has 2 unspecified atom stereocenters. The zero-order valence-electron chi connectivity index (χ0n) is 12.2. The first kappa shape index (κ1) is 13.6. The topological polar surface area (TPSA) is 41.1 Å². The predicted octanol–water partition coefficient (Wildman–Crippen LogP) is 2.40. The minimum atomic E-state index is -0.0675. The number of rotatable bonds is 2. The molecule has 3 heteroatoms. The summed E-state index contributed by atoms with van der Waals surface area (Å²) in [6.07, 6.45) is 5.63. The smallest absolute Gasteiger partial charge is 0.237 e. The van der Waals surface area contributed by atoms with Crippen LogP contribution >= 0.6 is 0 Å². The Morgan fingerprint density at radius 2 is 2.05 bits per heavy atom. The second kappa shape index (κ2) is 5.96. The number of fused-ring (bicyclic) bond motifs is 1. The van der Waals surface area contributed by atoms with Crippen molar-refractivity contribution in [3.8, 4) is 0 Å². The van der Waals surface area contributed by atoms with Gasteiger partial charge in [0.2, 0.25) is 5.91 Å². The van der Waals surface area contributed by atoms with Gasteiger partial charge in [-0.1, -0.05) is 44.0 Å². The van der Waals surface area contributed by atoms with Gasteiger partial charge in [0.05, 0.1) is 6.04 Å². The Kier molecular flexibility index (Phi) is 4.06. The van der Waals surface area contributed by atoms with E-state index < -0.39 is 0 Å². The van der Waals surface area contributed by atoms with E-state index >= 15 is 0 Å². The summed E-state index contributed by atoms with van der Waals surface area (Å²) in [5.41, 5.74) is 2.63. The van der Waals surface area contributed by atoms with Crippen molar-refractivity contribution in [2.24, 2.45) is 5.92 Å². The van der Waals surface area contributed by atoms with Crippen LogP contribution in [0.25, 0.3) is 0 Å². The molecule has 1 aliphatic heterocycles. The monoisotopic (exact) mass is 272 g/mol. The van der Waals surface area contributed by atoms with Crippen molar-refractivity contribution in [1.29, 1.82) is 0 Å². The molecular formula is C17H24N2O. The molecule has 0 bridgehead atoms. The highest BCUT2D eigenvalue weighted by atomic mass is 16.2. The fraction of sp³-hybridized carbons (Fsp3) is 0.588. The summed E-state index contributed by atoms with van der Waals surface area (Å²) in [4.78, 5) is 12.4. The quantitative estimate of drug-likeness (QED) is 0.868. The summed E-state index contributed by atoms with van der Waals surface area (Å²) >= 11 is 0. The molecule has 2 N–H and O–H groups in total. The van der Waals surface area contributed by atoms with Crippen LogP contribution in [0.4, 0.5) is 0 Å². The van der Waals surface area contributed by atoms with E-state index in [1.54, 1.807) is 0 Å². The van der Waals surface area contributed by atoms with Crippen molar-refractivity contribution in [2.75, 3.05) is 0 Å². The summed E-state index contributed by atoms with van der Waals surface area (Å²) in [6.45, 7) is 3.09. The van der Waals surface area contributed by atoms with Crippen LogP contribution in [0.15, 0.2) is 24.3 Å². The van der Waals surface area contributed by atoms with Crippen LogP contribution in [0.5, 0.6) is 0 Å². The van der Waals surface area contributed by atoms with Crippen LogP contribution in [0, 0.1) is 5.92 Å². The fourth-order valence-electron chi connectivity index (χ4n) is 3.51. The minimum Gasteiger partial charge on any atom is -0.352 e. The predicted molar refractivity (Wildman–Crippen MR) is 80.3 cm³/mol. The molecule has 0 spiro atoms. The third kappa shape index (κ3) is 3.04. The molecule has 1 amide bonds.